The second-order valence-corrected chi connectivity index (χ2v) is 7.37. The van der Waals surface area contributed by atoms with Gasteiger partial charge in [0.25, 0.3) is 0 Å². The molecular weight excluding hydrogens is 282 g/mol. The molecule has 1 aliphatic rings. The summed E-state index contributed by atoms with van der Waals surface area (Å²) in [5.74, 6) is 2.79. The molecule has 1 fully saturated rings. The predicted octanol–water partition coefficient (Wildman–Crippen LogP) is 5.20. The van der Waals surface area contributed by atoms with Crippen LogP contribution in [0, 0.1) is 17.8 Å². The molecule has 3 heteroatoms. The van der Waals surface area contributed by atoms with Crippen LogP contribution in [0.5, 0.6) is 5.75 Å². The molecule has 0 heterocycles. The predicted molar refractivity (Wildman–Crippen MR) is 89.8 cm³/mol. The molecule has 0 bridgehead atoms. The summed E-state index contributed by atoms with van der Waals surface area (Å²) in [6.45, 7) is 8.85. The molecule has 0 aromatic heterocycles. The van der Waals surface area contributed by atoms with Gasteiger partial charge < -0.3 is 10.5 Å². The van der Waals surface area contributed by atoms with Gasteiger partial charge in [0.05, 0.1) is 5.02 Å². The Morgan fingerprint density at radius 3 is 2.52 bits per heavy atom. The molecule has 21 heavy (non-hydrogen) atoms. The first kappa shape index (κ1) is 16.6. The van der Waals surface area contributed by atoms with E-state index in [1.165, 1.54) is 12.8 Å². The summed E-state index contributed by atoms with van der Waals surface area (Å²) in [6.07, 6.45) is 3.94. The van der Waals surface area contributed by atoms with E-state index in [4.69, 9.17) is 22.1 Å². The van der Waals surface area contributed by atoms with Crippen molar-refractivity contribution in [2.45, 2.75) is 59.1 Å². The van der Waals surface area contributed by atoms with Crippen LogP contribution in [0.1, 0.15) is 58.6 Å². The topological polar surface area (TPSA) is 35.2 Å². The molecule has 1 saturated carbocycles. The Balaban J connectivity index is 2.15. The lowest BCUT2D eigenvalue weighted by molar-refractivity contribution is 0.0461. The second kappa shape index (κ2) is 7.02. The molecule has 1 aliphatic carbocycles. The molecule has 0 amide bonds. The fourth-order valence-electron chi connectivity index (χ4n) is 3.31. The van der Waals surface area contributed by atoms with Crippen LogP contribution < -0.4 is 10.5 Å². The van der Waals surface area contributed by atoms with Crippen molar-refractivity contribution in [3.63, 3.8) is 0 Å². The molecule has 0 aliphatic heterocycles. The average molecular weight is 310 g/mol. The van der Waals surface area contributed by atoms with Crippen molar-refractivity contribution in [1.29, 1.82) is 0 Å². The molecule has 0 radical (unpaired) electrons. The van der Waals surface area contributed by atoms with E-state index < -0.39 is 0 Å². The normalized spacial score (nSPS) is 27.7. The number of hydrogen-bond donors (Lipinski definition) is 1. The van der Waals surface area contributed by atoms with Crippen molar-refractivity contribution in [2.24, 2.45) is 23.5 Å². The van der Waals surface area contributed by atoms with Crippen LogP contribution in [0.4, 0.5) is 0 Å². The first-order valence-electron chi connectivity index (χ1n) is 8.10. The minimum absolute atomic E-state index is 0.00494. The maximum atomic E-state index is 6.38. The van der Waals surface area contributed by atoms with Gasteiger partial charge in [-0.3, -0.25) is 0 Å². The van der Waals surface area contributed by atoms with E-state index in [-0.39, 0.29) is 12.1 Å². The molecule has 0 spiro atoms. The highest BCUT2D eigenvalue weighted by Crippen LogP contribution is 2.38. The maximum absolute atomic E-state index is 6.38. The van der Waals surface area contributed by atoms with E-state index in [9.17, 15) is 0 Å². The SMILES string of the molecule is CC1CCC(C(C)C)C(Oc2ccc([C@H](C)N)cc2Cl)C1. The van der Waals surface area contributed by atoms with Crippen molar-refractivity contribution >= 4 is 11.6 Å². The van der Waals surface area contributed by atoms with Gasteiger partial charge in [0, 0.05) is 6.04 Å². The minimum Gasteiger partial charge on any atom is -0.489 e. The van der Waals surface area contributed by atoms with Crippen molar-refractivity contribution in [3.05, 3.63) is 28.8 Å². The lowest BCUT2D eigenvalue weighted by Gasteiger charge is -2.37. The summed E-state index contributed by atoms with van der Waals surface area (Å²) < 4.78 is 6.29. The van der Waals surface area contributed by atoms with Gasteiger partial charge >= 0.3 is 0 Å². The zero-order valence-corrected chi connectivity index (χ0v) is 14.4. The molecule has 1 aromatic carbocycles. The summed E-state index contributed by atoms with van der Waals surface area (Å²) in [7, 11) is 0. The number of halogens is 1. The Morgan fingerprint density at radius 1 is 1.24 bits per heavy atom. The van der Waals surface area contributed by atoms with Gasteiger partial charge in [0.2, 0.25) is 0 Å². The quantitative estimate of drug-likeness (QED) is 0.829. The summed E-state index contributed by atoms with van der Waals surface area (Å²) >= 11 is 6.38. The number of rotatable bonds is 4. The third-order valence-electron chi connectivity index (χ3n) is 4.72. The molecule has 118 valence electrons. The van der Waals surface area contributed by atoms with Crippen LogP contribution in [0.2, 0.25) is 5.02 Å². The lowest BCUT2D eigenvalue weighted by atomic mass is 9.75. The van der Waals surface area contributed by atoms with Crippen LogP contribution in [0.15, 0.2) is 18.2 Å². The highest BCUT2D eigenvalue weighted by Gasteiger charge is 2.32. The number of hydrogen-bond acceptors (Lipinski definition) is 2. The van der Waals surface area contributed by atoms with E-state index in [2.05, 4.69) is 20.8 Å². The monoisotopic (exact) mass is 309 g/mol. The van der Waals surface area contributed by atoms with Crippen molar-refractivity contribution in [1.82, 2.24) is 0 Å². The van der Waals surface area contributed by atoms with Gasteiger partial charge in [-0.2, -0.15) is 0 Å². The van der Waals surface area contributed by atoms with Crippen LogP contribution in [0.25, 0.3) is 0 Å². The number of benzene rings is 1. The first-order valence-corrected chi connectivity index (χ1v) is 8.48. The smallest absolute Gasteiger partial charge is 0.138 e. The maximum Gasteiger partial charge on any atom is 0.138 e. The lowest BCUT2D eigenvalue weighted by Crippen LogP contribution is -2.36. The van der Waals surface area contributed by atoms with Gasteiger partial charge in [-0.15, -0.1) is 0 Å². The molecule has 2 nitrogen and oxygen atoms in total. The Kier molecular flexibility index (Phi) is 5.56. The number of nitrogens with two attached hydrogens (primary N) is 1. The Labute approximate surface area is 134 Å². The van der Waals surface area contributed by atoms with Crippen LogP contribution in [-0.4, -0.2) is 6.10 Å². The standard InChI is InChI=1S/C18H28ClNO/c1-11(2)15-7-5-12(3)9-18(15)21-17-8-6-14(13(4)20)10-16(17)19/h6,8,10-13,15,18H,5,7,9,20H2,1-4H3/t12?,13-,15?,18?/m0/s1. The third-order valence-corrected chi connectivity index (χ3v) is 5.02. The van der Waals surface area contributed by atoms with Crippen LogP contribution in [0.3, 0.4) is 0 Å². The Hall–Kier alpha value is -0.730. The van der Waals surface area contributed by atoms with Crippen LogP contribution >= 0.6 is 11.6 Å². The van der Waals surface area contributed by atoms with Gasteiger partial charge in [-0.05, 0) is 55.2 Å². The molecule has 2 rings (SSSR count). The molecule has 2 N–H and O–H groups in total. The van der Waals surface area contributed by atoms with Gasteiger partial charge in [-0.25, -0.2) is 0 Å². The summed E-state index contributed by atoms with van der Waals surface area (Å²) in [5.41, 5.74) is 6.94. The van der Waals surface area contributed by atoms with Crippen molar-refractivity contribution in [2.75, 3.05) is 0 Å². The van der Waals surface area contributed by atoms with Crippen molar-refractivity contribution in [3.8, 4) is 5.75 Å². The summed E-state index contributed by atoms with van der Waals surface area (Å²) in [6, 6.07) is 5.91. The van der Waals surface area contributed by atoms with E-state index >= 15 is 0 Å². The molecule has 1 aromatic rings. The van der Waals surface area contributed by atoms with E-state index in [1.54, 1.807) is 0 Å². The molecule has 0 saturated heterocycles. The number of ether oxygens (including phenoxy) is 1. The molecular formula is C18H28ClNO. The highest BCUT2D eigenvalue weighted by atomic mass is 35.5. The van der Waals surface area contributed by atoms with Gasteiger partial charge in [0.15, 0.2) is 0 Å². The summed E-state index contributed by atoms with van der Waals surface area (Å²) in [5, 5.41) is 0.672. The van der Waals surface area contributed by atoms with E-state index in [0.717, 1.165) is 23.7 Å². The minimum atomic E-state index is -0.00494. The third kappa shape index (κ3) is 4.14. The fourth-order valence-corrected chi connectivity index (χ4v) is 3.54. The van der Waals surface area contributed by atoms with Crippen LogP contribution in [-0.2, 0) is 0 Å². The Morgan fingerprint density at radius 2 is 1.95 bits per heavy atom. The zero-order valence-electron chi connectivity index (χ0n) is 13.6. The highest BCUT2D eigenvalue weighted by molar-refractivity contribution is 6.32. The van der Waals surface area contributed by atoms with E-state index in [0.29, 0.717) is 16.9 Å². The van der Waals surface area contributed by atoms with Gasteiger partial charge in [0.1, 0.15) is 11.9 Å². The average Bonchev–Trinajstić information content (AvgIpc) is 2.40. The Bertz CT molecular complexity index is 472. The zero-order chi connectivity index (χ0) is 15.6. The van der Waals surface area contributed by atoms with Crippen molar-refractivity contribution < 1.29 is 4.74 Å². The first-order chi connectivity index (χ1) is 9.88. The van der Waals surface area contributed by atoms with E-state index in [1.807, 2.05) is 25.1 Å². The second-order valence-electron chi connectivity index (χ2n) is 6.96. The summed E-state index contributed by atoms with van der Waals surface area (Å²) in [4.78, 5) is 0. The molecule has 3 unspecified atom stereocenters. The largest absolute Gasteiger partial charge is 0.489 e. The molecule has 4 atom stereocenters. The fraction of sp³-hybridized carbons (Fsp3) is 0.667. The van der Waals surface area contributed by atoms with Gasteiger partial charge in [-0.1, -0.05) is 44.9 Å².